The quantitative estimate of drug-likeness (QED) is 0.594. The molecule has 0 aliphatic carbocycles. The van der Waals surface area contributed by atoms with Crippen LogP contribution >= 0.6 is 12.2 Å². The topological polar surface area (TPSA) is 63.4 Å². The summed E-state index contributed by atoms with van der Waals surface area (Å²) >= 11 is 4.83. The van der Waals surface area contributed by atoms with Gasteiger partial charge < -0.3 is 5.73 Å². The maximum absolute atomic E-state index is 12.2. The van der Waals surface area contributed by atoms with Crippen LogP contribution in [0.1, 0.15) is 34.1 Å². The molecule has 5 heteroatoms. The number of likely N-dealkylation sites (tertiary alicyclic amines) is 1. The lowest BCUT2D eigenvalue weighted by Gasteiger charge is -2.28. The van der Waals surface area contributed by atoms with E-state index in [1.807, 2.05) is 20.8 Å². The maximum atomic E-state index is 12.2. The van der Waals surface area contributed by atoms with Crippen LogP contribution in [0.3, 0.4) is 0 Å². The summed E-state index contributed by atoms with van der Waals surface area (Å²) in [5.41, 5.74) is 4.88. The average molecular weight is 242 g/mol. The third-order valence-electron chi connectivity index (χ3n) is 3.57. The molecule has 1 fully saturated rings. The first-order valence-corrected chi connectivity index (χ1v) is 5.78. The molecule has 16 heavy (non-hydrogen) atoms. The molecule has 0 aromatic carbocycles. The number of thiocarbonyl (C=S) groups is 1. The molecule has 0 bridgehead atoms. The van der Waals surface area contributed by atoms with Crippen molar-refractivity contribution < 1.29 is 9.59 Å². The molecule has 1 heterocycles. The van der Waals surface area contributed by atoms with Crippen molar-refractivity contribution in [3.63, 3.8) is 0 Å². The smallest absolute Gasteiger partial charge is 0.236 e. The summed E-state index contributed by atoms with van der Waals surface area (Å²) in [7, 11) is 0. The van der Waals surface area contributed by atoms with Crippen LogP contribution in [-0.4, -0.2) is 27.7 Å². The lowest BCUT2D eigenvalue weighted by atomic mass is 9.78. The van der Waals surface area contributed by atoms with Crippen LogP contribution in [0.15, 0.2) is 0 Å². The molecular formula is C11H18N2O2S. The lowest BCUT2D eigenvalue weighted by Crippen LogP contribution is -2.47. The Kier molecular flexibility index (Phi) is 3.38. The fraction of sp³-hybridized carbons (Fsp3) is 0.727. The van der Waals surface area contributed by atoms with Crippen LogP contribution < -0.4 is 5.73 Å². The minimum atomic E-state index is -0.615. The predicted molar refractivity (Wildman–Crippen MR) is 65.7 cm³/mol. The highest BCUT2D eigenvalue weighted by Crippen LogP contribution is 2.39. The minimum absolute atomic E-state index is 0.118. The Morgan fingerprint density at radius 2 is 1.94 bits per heavy atom. The zero-order chi connectivity index (χ0) is 12.7. The van der Waals surface area contributed by atoms with Gasteiger partial charge >= 0.3 is 0 Å². The molecule has 0 aromatic heterocycles. The van der Waals surface area contributed by atoms with Crippen LogP contribution in [-0.2, 0) is 9.59 Å². The predicted octanol–water partition coefficient (Wildman–Crippen LogP) is 1.08. The summed E-state index contributed by atoms with van der Waals surface area (Å²) in [6.45, 7) is 7.40. The maximum Gasteiger partial charge on any atom is 0.236 e. The lowest BCUT2D eigenvalue weighted by molar-refractivity contribution is -0.142. The Morgan fingerprint density at radius 3 is 2.25 bits per heavy atom. The summed E-state index contributed by atoms with van der Waals surface area (Å²) in [4.78, 5) is 25.4. The van der Waals surface area contributed by atoms with E-state index in [1.165, 1.54) is 4.90 Å². The molecule has 2 atom stereocenters. The number of nitrogens with two attached hydrogens (primary N) is 1. The van der Waals surface area contributed by atoms with Crippen LogP contribution in [0, 0.1) is 11.3 Å². The zero-order valence-corrected chi connectivity index (χ0v) is 10.9. The van der Waals surface area contributed by atoms with Crippen LogP contribution in [0.2, 0.25) is 0 Å². The van der Waals surface area contributed by atoms with E-state index in [1.54, 1.807) is 6.92 Å². The van der Waals surface area contributed by atoms with Gasteiger partial charge in [-0.05, 0) is 19.8 Å². The second-order valence-corrected chi connectivity index (χ2v) is 5.37. The molecule has 1 saturated heterocycles. The van der Waals surface area contributed by atoms with E-state index in [-0.39, 0.29) is 29.1 Å². The number of imide groups is 1. The van der Waals surface area contributed by atoms with E-state index in [4.69, 9.17) is 18.0 Å². The van der Waals surface area contributed by atoms with E-state index in [9.17, 15) is 9.59 Å². The van der Waals surface area contributed by atoms with E-state index in [0.717, 1.165) is 0 Å². The van der Waals surface area contributed by atoms with E-state index in [0.29, 0.717) is 0 Å². The minimum Gasteiger partial charge on any atom is -0.392 e. The second kappa shape index (κ2) is 4.13. The van der Waals surface area contributed by atoms with E-state index >= 15 is 0 Å². The number of hydrogen-bond donors (Lipinski definition) is 1. The molecule has 4 nitrogen and oxygen atoms in total. The number of nitrogens with zero attached hydrogens (tertiary/aromatic N) is 1. The van der Waals surface area contributed by atoms with Crippen LogP contribution in [0.25, 0.3) is 0 Å². The summed E-state index contributed by atoms with van der Waals surface area (Å²) in [6, 6.07) is -0.490. The Labute approximate surface area is 101 Å². The van der Waals surface area contributed by atoms with Gasteiger partial charge in [-0.1, -0.05) is 26.1 Å². The third kappa shape index (κ3) is 1.84. The molecule has 0 saturated carbocycles. The van der Waals surface area contributed by atoms with Crippen molar-refractivity contribution in [3.8, 4) is 0 Å². The summed E-state index contributed by atoms with van der Waals surface area (Å²) in [5, 5.41) is 0. The highest BCUT2D eigenvalue weighted by atomic mass is 32.1. The monoisotopic (exact) mass is 242 g/mol. The number of carbonyl (C=O) groups excluding carboxylic acids is 2. The van der Waals surface area contributed by atoms with Gasteiger partial charge in [0.25, 0.3) is 0 Å². The fourth-order valence-electron chi connectivity index (χ4n) is 1.83. The molecule has 0 radical (unpaired) electrons. The molecule has 0 spiro atoms. The van der Waals surface area contributed by atoms with Crippen molar-refractivity contribution in [2.75, 3.05) is 0 Å². The Hall–Kier alpha value is -0.970. The zero-order valence-electron chi connectivity index (χ0n) is 10.1. The van der Waals surface area contributed by atoms with Gasteiger partial charge in [-0.25, -0.2) is 0 Å². The van der Waals surface area contributed by atoms with Crippen LogP contribution in [0.5, 0.6) is 0 Å². The van der Waals surface area contributed by atoms with Crippen LogP contribution in [0.4, 0.5) is 0 Å². The Morgan fingerprint density at radius 1 is 1.44 bits per heavy atom. The van der Waals surface area contributed by atoms with Gasteiger partial charge in [0.1, 0.15) is 0 Å². The molecule has 90 valence electrons. The van der Waals surface area contributed by atoms with Gasteiger partial charge in [0, 0.05) is 6.42 Å². The molecule has 1 aliphatic heterocycles. The van der Waals surface area contributed by atoms with E-state index in [2.05, 4.69) is 0 Å². The number of amides is 2. The van der Waals surface area contributed by atoms with Gasteiger partial charge in [-0.3, -0.25) is 14.5 Å². The average Bonchev–Trinajstić information content (AvgIpc) is 2.38. The molecule has 2 N–H and O–H groups in total. The van der Waals surface area contributed by atoms with Gasteiger partial charge in [0.05, 0.1) is 16.4 Å². The van der Waals surface area contributed by atoms with Crippen molar-refractivity contribution in [2.24, 2.45) is 17.1 Å². The first-order valence-electron chi connectivity index (χ1n) is 5.37. The van der Waals surface area contributed by atoms with E-state index < -0.39 is 11.5 Å². The van der Waals surface area contributed by atoms with Crippen molar-refractivity contribution in [1.29, 1.82) is 0 Å². The Balaban J connectivity index is 3.05. The Bertz CT molecular complexity index is 354. The van der Waals surface area contributed by atoms with Crippen molar-refractivity contribution in [3.05, 3.63) is 0 Å². The van der Waals surface area contributed by atoms with Crippen molar-refractivity contribution in [1.82, 2.24) is 4.90 Å². The number of rotatable bonds is 3. The van der Waals surface area contributed by atoms with Gasteiger partial charge in [0.15, 0.2) is 0 Å². The number of carbonyl (C=O) groups is 2. The largest absolute Gasteiger partial charge is 0.392 e. The van der Waals surface area contributed by atoms with Gasteiger partial charge in [-0.2, -0.15) is 0 Å². The molecule has 1 rings (SSSR count). The molecule has 0 aromatic rings. The highest BCUT2D eigenvalue weighted by molar-refractivity contribution is 7.80. The van der Waals surface area contributed by atoms with Gasteiger partial charge in [0.2, 0.25) is 11.8 Å². The highest BCUT2D eigenvalue weighted by Gasteiger charge is 2.51. The molecule has 1 aliphatic rings. The molecular weight excluding hydrogens is 224 g/mol. The first kappa shape index (κ1) is 13.1. The van der Waals surface area contributed by atoms with Crippen molar-refractivity contribution in [2.45, 2.75) is 40.2 Å². The first-order chi connectivity index (χ1) is 7.21. The number of hydrogen-bond acceptors (Lipinski definition) is 3. The SMILES string of the molecule is CC(C(N)=S)N1C(=O)CC(C)(C(C)C)C1=O. The molecule has 2 unspecified atom stereocenters. The molecule has 2 amide bonds. The van der Waals surface area contributed by atoms with Crippen molar-refractivity contribution >= 4 is 29.0 Å². The summed E-state index contributed by atoms with van der Waals surface area (Å²) in [6.07, 6.45) is 0.246. The summed E-state index contributed by atoms with van der Waals surface area (Å²) in [5.74, 6) is -0.221. The third-order valence-corrected chi connectivity index (χ3v) is 3.91. The standard InChI is InChI=1S/C11H18N2O2S/c1-6(2)11(4)5-8(14)13(10(11)15)7(3)9(12)16/h6-7H,5H2,1-4H3,(H2,12,16). The summed E-state index contributed by atoms with van der Waals surface area (Å²) < 4.78 is 0. The van der Waals surface area contributed by atoms with Gasteiger partial charge in [-0.15, -0.1) is 0 Å². The normalized spacial score (nSPS) is 27.7. The second-order valence-electron chi connectivity index (χ2n) is 4.90. The fourth-order valence-corrected chi connectivity index (χ4v) is 1.94.